The summed E-state index contributed by atoms with van der Waals surface area (Å²) in [7, 11) is -3.68. The minimum atomic E-state index is -3.68. The van der Waals surface area contributed by atoms with E-state index in [1.807, 2.05) is 0 Å². The van der Waals surface area contributed by atoms with Gasteiger partial charge < -0.3 is 5.73 Å². The Hall–Kier alpha value is -1.14. The lowest BCUT2D eigenvalue weighted by Gasteiger charge is -2.22. The van der Waals surface area contributed by atoms with E-state index in [0.29, 0.717) is 11.8 Å². The van der Waals surface area contributed by atoms with E-state index in [1.165, 1.54) is 12.5 Å². The number of nitrogens with one attached hydrogen (secondary N) is 1. The average molecular weight is 284 g/mol. The first-order chi connectivity index (χ1) is 8.94. The smallest absolute Gasteiger partial charge is 0.241 e. The van der Waals surface area contributed by atoms with Crippen molar-refractivity contribution in [1.29, 1.82) is 0 Å². The number of sulfonamides is 1. The number of halogens is 1. The highest BCUT2D eigenvalue weighted by Crippen LogP contribution is 2.44. The Morgan fingerprint density at radius 3 is 2.58 bits per heavy atom. The van der Waals surface area contributed by atoms with E-state index in [2.05, 4.69) is 4.72 Å². The molecular weight excluding hydrogens is 267 g/mol. The number of anilines is 1. The summed E-state index contributed by atoms with van der Waals surface area (Å²) in [6, 6.07) is 3.40. The first kappa shape index (κ1) is 12.9. The summed E-state index contributed by atoms with van der Waals surface area (Å²) in [6.45, 7) is 0. The molecule has 1 aromatic rings. The Labute approximate surface area is 112 Å². The second-order valence-corrected chi connectivity index (χ2v) is 7.34. The second-order valence-electron chi connectivity index (χ2n) is 5.62. The summed E-state index contributed by atoms with van der Waals surface area (Å²) in [6.07, 6.45) is 4.30. The van der Waals surface area contributed by atoms with Crippen LogP contribution in [-0.4, -0.2) is 14.5 Å². The van der Waals surface area contributed by atoms with Crippen LogP contribution in [0.1, 0.15) is 25.7 Å². The normalized spacial score (nSPS) is 29.8. The van der Waals surface area contributed by atoms with E-state index < -0.39 is 15.8 Å². The third-order valence-electron chi connectivity index (χ3n) is 4.25. The number of rotatable bonds is 3. The van der Waals surface area contributed by atoms with Crippen LogP contribution in [0.5, 0.6) is 0 Å². The molecule has 0 heterocycles. The maximum Gasteiger partial charge on any atom is 0.241 e. The predicted octanol–water partition coefficient (Wildman–Crippen LogP) is 1.87. The molecule has 2 fully saturated rings. The monoisotopic (exact) mass is 284 g/mol. The van der Waals surface area contributed by atoms with E-state index in [9.17, 15) is 12.8 Å². The summed E-state index contributed by atoms with van der Waals surface area (Å²) >= 11 is 0. The molecule has 2 aliphatic rings. The van der Waals surface area contributed by atoms with Crippen LogP contribution in [0.3, 0.4) is 0 Å². The number of benzene rings is 1. The van der Waals surface area contributed by atoms with Crippen LogP contribution in [0.4, 0.5) is 10.1 Å². The number of hydrogen-bond acceptors (Lipinski definition) is 3. The molecule has 0 amide bonds. The quantitative estimate of drug-likeness (QED) is 0.832. The van der Waals surface area contributed by atoms with E-state index in [4.69, 9.17) is 5.73 Å². The average Bonchev–Trinajstić information content (AvgIpc) is 2.88. The third kappa shape index (κ3) is 2.47. The minimum absolute atomic E-state index is 0.00626. The van der Waals surface area contributed by atoms with E-state index in [1.54, 1.807) is 0 Å². The van der Waals surface area contributed by atoms with Crippen LogP contribution in [0, 0.1) is 17.7 Å². The molecule has 3 N–H and O–H groups in total. The molecule has 2 bridgehead atoms. The van der Waals surface area contributed by atoms with Crippen molar-refractivity contribution in [2.75, 3.05) is 5.73 Å². The Bertz CT molecular complexity index is 582. The summed E-state index contributed by atoms with van der Waals surface area (Å²) in [5, 5.41) is 0. The number of nitrogen functional groups attached to an aromatic ring is 1. The SMILES string of the molecule is Nc1cc(F)cc(S(=O)(=O)NC2CC3CCC2C3)c1. The fraction of sp³-hybridized carbons (Fsp3) is 0.538. The van der Waals surface area contributed by atoms with Gasteiger partial charge in [-0.25, -0.2) is 17.5 Å². The van der Waals surface area contributed by atoms with Crippen LogP contribution in [-0.2, 0) is 10.0 Å². The van der Waals surface area contributed by atoms with Gasteiger partial charge in [0.15, 0.2) is 0 Å². The van der Waals surface area contributed by atoms with Crippen molar-refractivity contribution in [3.63, 3.8) is 0 Å². The molecule has 3 unspecified atom stereocenters. The molecule has 2 saturated carbocycles. The van der Waals surface area contributed by atoms with Gasteiger partial charge in [0.2, 0.25) is 10.0 Å². The van der Waals surface area contributed by atoms with Gasteiger partial charge in [-0.1, -0.05) is 6.42 Å². The van der Waals surface area contributed by atoms with Crippen molar-refractivity contribution in [1.82, 2.24) is 4.72 Å². The van der Waals surface area contributed by atoms with Crippen molar-refractivity contribution in [2.45, 2.75) is 36.6 Å². The molecule has 2 aliphatic carbocycles. The number of hydrogen-bond donors (Lipinski definition) is 2. The summed E-state index contributed by atoms with van der Waals surface area (Å²) in [5.74, 6) is 0.453. The zero-order valence-corrected chi connectivity index (χ0v) is 11.3. The van der Waals surface area contributed by atoms with Gasteiger partial charge >= 0.3 is 0 Å². The van der Waals surface area contributed by atoms with Crippen LogP contribution in [0.2, 0.25) is 0 Å². The van der Waals surface area contributed by atoms with E-state index >= 15 is 0 Å². The largest absolute Gasteiger partial charge is 0.399 e. The summed E-state index contributed by atoms with van der Waals surface area (Å²) in [5.41, 5.74) is 5.61. The predicted molar refractivity (Wildman–Crippen MR) is 70.4 cm³/mol. The molecule has 1 aromatic carbocycles. The molecule has 0 spiro atoms. The Morgan fingerprint density at radius 1 is 1.21 bits per heavy atom. The molecule has 0 aromatic heterocycles. The zero-order valence-electron chi connectivity index (χ0n) is 10.5. The van der Waals surface area contributed by atoms with Gasteiger partial charge in [-0.3, -0.25) is 0 Å². The van der Waals surface area contributed by atoms with Crippen molar-refractivity contribution in [2.24, 2.45) is 11.8 Å². The molecule has 0 radical (unpaired) electrons. The van der Waals surface area contributed by atoms with Crippen LogP contribution < -0.4 is 10.5 Å². The Kier molecular flexibility index (Phi) is 3.02. The number of nitrogens with two attached hydrogens (primary N) is 1. The van der Waals surface area contributed by atoms with Gasteiger partial charge in [0.25, 0.3) is 0 Å². The van der Waals surface area contributed by atoms with Gasteiger partial charge in [-0.2, -0.15) is 0 Å². The molecular formula is C13H17FN2O2S. The first-order valence-electron chi connectivity index (χ1n) is 6.52. The molecule has 104 valence electrons. The van der Waals surface area contributed by atoms with E-state index in [0.717, 1.165) is 31.4 Å². The molecule has 4 nitrogen and oxygen atoms in total. The van der Waals surface area contributed by atoms with Gasteiger partial charge in [0, 0.05) is 11.7 Å². The van der Waals surface area contributed by atoms with Crippen molar-refractivity contribution in [3.8, 4) is 0 Å². The van der Waals surface area contributed by atoms with Gasteiger partial charge in [-0.15, -0.1) is 0 Å². The molecule has 6 heteroatoms. The molecule has 19 heavy (non-hydrogen) atoms. The standard InChI is InChI=1S/C13H17FN2O2S/c14-10-5-11(15)7-12(6-10)19(17,18)16-13-4-8-1-2-9(13)3-8/h5-9,13,16H,1-4,15H2. The lowest BCUT2D eigenvalue weighted by Crippen LogP contribution is -2.38. The second kappa shape index (κ2) is 4.45. The summed E-state index contributed by atoms with van der Waals surface area (Å²) < 4.78 is 40.4. The van der Waals surface area contributed by atoms with Gasteiger partial charge in [0.05, 0.1) is 4.90 Å². The Balaban J connectivity index is 1.82. The van der Waals surface area contributed by atoms with Crippen molar-refractivity contribution < 1.29 is 12.8 Å². The molecule has 0 saturated heterocycles. The van der Waals surface area contributed by atoms with Gasteiger partial charge in [0.1, 0.15) is 5.82 Å². The van der Waals surface area contributed by atoms with Crippen molar-refractivity contribution in [3.05, 3.63) is 24.0 Å². The maximum atomic E-state index is 13.2. The molecule has 3 atom stereocenters. The van der Waals surface area contributed by atoms with Crippen LogP contribution in [0.15, 0.2) is 23.1 Å². The lowest BCUT2D eigenvalue weighted by atomic mass is 9.96. The maximum absolute atomic E-state index is 13.2. The number of fused-ring (bicyclic) bond motifs is 2. The topological polar surface area (TPSA) is 72.2 Å². The Morgan fingerprint density at radius 2 is 2.00 bits per heavy atom. The molecule has 3 rings (SSSR count). The van der Waals surface area contributed by atoms with Gasteiger partial charge in [-0.05, 0) is 49.3 Å². The summed E-state index contributed by atoms with van der Waals surface area (Å²) in [4.78, 5) is -0.0900. The van der Waals surface area contributed by atoms with Crippen LogP contribution >= 0.6 is 0 Å². The molecule has 0 aliphatic heterocycles. The van der Waals surface area contributed by atoms with Crippen molar-refractivity contribution >= 4 is 15.7 Å². The lowest BCUT2D eigenvalue weighted by molar-refractivity contribution is 0.390. The van der Waals surface area contributed by atoms with E-state index in [-0.39, 0.29) is 16.6 Å². The zero-order chi connectivity index (χ0) is 13.6. The fourth-order valence-corrected chi connectivity index (χ4v) is 4.78. The highest BCUT2D eigenvalue weighted by molar-refractivity contribution is 7.89. The highest BCUT2D eigenvalue weighted by Gasteiger charge is 2.41. The van der Waals surface area contributed by atoms with Crippen LogP contribution in [0.25, 0.3) is 0 Å². The fourth-order valence-electron chi connectivity index (χ4n) is 3.40. The first-order valence-corrected chi connectivity index (χ1v) is 8.01. The highest BCUT2D eigenvalue weighted by atomic mass is 32.2. The third-order valence-corrected chi connectivity index (χ3v) is 5.72. The minimum Gasteiger partial charge on any atom is -0.399 e.